The molecule has 2 aromatic rings. The van der Waals surface area contributed by atoms with E-state index in [4.69, 9.17) is 9.39 Å². The number of carbonyl (C=O) groups is 1. The number of benzene rings is 1. The molecule has 0 saturated carbocycles. The molecule has 1 aromatic carbocycles. The van der Waals surface area contributed by atoms with Crippen LogP contribution >= 0.6 is 0 Å². The molecule has 7 nitrogen and oxygen atoms in total. The van der Waals surface area contributed by atoms with E-state index in [9.17, 15) is 28.1 Å². The van der Waals surface area contributed by atoms with Crippen molar-refractivity contribution < 1.29 is 37.5 Å². The number of ether oxygens (including phenoxy) is 1. The summed E-state index contributed by atoms with van der Waals surface area (Å²) in [5.74, 6) is -0.762. The standard InChI is InChI=1S/C19H20BF3N2O5/c1-11-16(3-2-13-10-29-20(28)18(11)13)30-17-8-24-14(7-25-17)15(27)6-12(9-26)4-5-19(21,22)23/h2-3,7-8,12,26,28H,4-6,9-10H2,1H3/t12-/m1/s1. The first-order valence-electron chi connectivity index (χ1n) is 9.30. The van der Waals surface area contributed by atoms with Gasteiger partial charge in [0.2, 0.25) is 5.88 Å². The van der Waals surface area contributed by atoms with Crippen molar-refractivity contribution in [1.82, 2.24) is 9.97 Å². The Morgan fingerprint density at radius 3 is 2.73 bits per heavy atom. The molecule has 1 aromatic heterocycles. The maximum atomic E-state index is 12.3. The van der Waals surface area contributed by atoms with Crippen molar-refractivity contribution in [2.24, 2.45) is 5.92 Å². The fourth-order valence-corrected chi connectivity index (χ4v) is 3.21. The Labute approximate surface area is 171 Å². The van der Waals surface area contributed by atoms with Crippen molar-refractivity contribution in [3.05, 3.63) is 41.3 Å². The Morgan fingerprint density at radius 1 is 1.33 bits per heavy atom. The maximum absolute atomic E-state index is 12.3. The van der Waals surface area contributed by atoms with Crippen LogP contribution in [0.4, 0.5) is 13.2 Å². The summed E-state index contributed by atoms with van der Waals surface area (Å²) in [5, 5.41) is 19.1. The van der Waals surface area contributed by atoms with E-state index in [1.807, 2.05) is 0 Å². The molecule has 0 bridgehead atoms. The van der Waals surface area contributed by atoms with Gasteiger partial charge in [-0.25, -0.2) is 9.97 Å². The van der Waals surface area contributed by atoms with E-state index < -0.39 is 38.0 Å². The lowest BCUT2D eigenvalue weighted by atomic mass is 9.76. The summed E-state index contributed by atoms with van der Waals surface area (Å²) < 4.78 is 47.9. The third-order valence-corrected chi connectivity index (χ3v) is 4.90. The summed E-state index contributed by atoms with van der Waals surface area (Å²) in [7, 11) is -1.02. The number of hydrogen-bond donors (Lipinski definition) is 2. The van der Waals surface area contributed by atoms with Crippen molar-refractivity contribution in [1.29, 1.82) is 0 Å². The average Bonchev–Trinajstić information content (AvgIpc) is 3.08. The van der Waals surface area contributed by atoms with Crippen molar-refractivity contribution in [2.45, 2.75) is 39.0 Å². The lowest BCUT2D eigenvalue weighted by Crippen LogP contribution is -2.30. The van der Waals surface area contributed by atoms with Gasteiger partial charge in [-0.1, -0.05) is 6.07 Å². The number of rotatable bonds is 8. The molecule has 0 radical (unpaired) electrons. The number of Topliss-reactive ketones (excluding diaryl/α,β-unsaturated/α-hetero) is 1. The number of halogens is 3. The van der Waals surface area contributed by atoms with Gasteiger partial charge in [-0.15, -0.1) is 0 Å². The Bertz CT molecular complexity index is 908. The Morgan fingerprint density at radius 2 is 2.10 bits per heavy atom. The van der Waals surface area contributed by atoms with Crippen LogP contribution in [0.1, 0.15) is 40.9 Å². The number of fused-ring (bicyclic) bond motifs is 1. The number of nitrogens with zero attached hydrogens (tertiary/aromatic N) is 2. The monoisotopic (exact) mass is 424 g/mol. The number of hydrogen-bond acceptors (Lipinski definition) is 7. The quantitative estimate of drug-likeness (QED) is 0.496. The van der Waals surface area contributed by atoms with Crippen LogP contribution in [0, 0.1) is 12.8 Å². The normalized spacial score (nSPS) is 14.5. The molecule has 2 heterocycles. The molecule has 0 aliphatic carbocycles. The second-order valence-electron chi connectivity index (χ2n) is 7.10. The highest BCUT2D eigenvalue weighted by Crippen LogP contribution is 2.27. The van der Waals surface area contributed by atoms with E-state index >= 15 is 0 Å². The molecule has 1 aliphatic rings. The largest absolute Gasteiger partial charge is 0.492 e. The van der Waals surface area contributed by atoms with E-state index in [2.05, 4.69) is 9.97 Å². The Hall–Kier alpha value is -2.50. The second-order valence-corrected chi connectivity index (χ2v) is 7.10. The molecule has 1 atom stereocenters. The number of aromatic nitrogens is 2. The molecule has 0 spiro atoms. The molecule has 11 heteroatoms. The van der Waals surface area contributed by atoms with Crippen LogP contribution in [0.3, 0.4) is 0 Å². The summed E-state index contributed by atoms with van der Waals surface area (Å²) in [5.41, 5.74) is 2.17. The molecule has 30 heavy (non-hydrogen) atoms. The number of alkyl halides is 3. The summed E-state index contributed by atoms with van der Waals surface area (Å²) in [4.78, 5) is 20.2. The van der Waals surface area contributed by atoms with Crippen LogP contribution in [-0.4, -0.2) is 45.8 Å². The van der Waals surface area contributed by atoms with Crippen LogP contribution in [0.2, 0.25) is 0 Å². The molecule has 0 saturated heterocycles. The summed E-state index contributed by atoms with van der Waals surface area (Å²) in [6.07, 6.45) is -3.60. The SMILES string of the molecule is Cc1c(Oc2cnc(C(=O)C[C@H](CO)CCC(F)(F)F)cn2)ccc2c1B(O)OC2. The lowest BCUT2D eigenvalue weighted by molar-refractivity contribution is -0.138. The van der Waals surface area contributed by atoms with E-state index in [1.165, 1.54) is 12.4 Å². The maximum Gasteiger partial charge on any atom is 0.492 e. The van der Waals surface area contributed by atoms with Crippen molar-refractivity contribution in [3.8, 4) is 11.6 Å². The number of ketones is 1. The number of aliphatic hydroxyl groups excluding tert-OH is 1. The molecular formula is C19H20BF3N2O5. The minimum atomic E-state index is -4.34. The highest BCUT2D eigenvalue weighted by atomic mass is 19.4. The van der Waals surface area contributed by atoms with Crippen LogP contribution in [0.25, 0.3) is 0 Å². The zero-order valence-corrected chi connectivity index (χ0v) is 16.1. The van der Waals surface area contributed by atoms with Gasteiger partial charge in [0.25, 0.3) is 0 Å². The van der Waals surface area contributed by atoms with Crippen molar-refractivity contribution in [2.75, 3.05) is 6.61 Å². The molecule has 0 amide bonds. The first-order valence-corrected chi connectivity index (χ1v) is 9.30. The minimum Gasteiger partial charge on any atom is -0.437 e. The van der Waals surface area contributed by atoms with Crippen molar-refractivity contribution >= 4 is 18.4 Å². The second kappa shape index (κ2) is 9.11. The predicted octanol–water partition coefficient (Wildman–Crippen LogP) is 2.32. The summed E-state index contributed by atoms with van der Waals surface area (Å²) >= 11 is 0. The summed E-state index contributed by atoms with van der Waals surface area (Å²) in [6.45, 7) is 1.56. The van der Waals surface area contributed by atoms with Gasteiger partial charge in [0.15, 0.2) is 5.78 Å². The molecule has 0 fully saturated rings. The van der Waals surface area contributed by atoms with Gasteiger partial charge < -0.3 is 19.5 Å². The van der Waals surface area contributed by atoms with Crippen LogP contribution in [0.15, 0.2) is 24.5 Å². The number of carbonyl (C=O) groups excluding carboxylic acids is 1. The fourth-order valence-electron chi connectivity index (χ4n) is 3.21. The van der Waals surface area contributed by atoms with Crippen LogP contribution < -0.4 is 10.2 Å². The highest BCUT2D eigenvalue weighted by Gasteiger charge is 2.31. The molecule has 2 N–H and O–H groups in total. The lowest BCUT2D eigenvalue weighted by Gasteiger charge is -2.14. The molecule has 3 rings (SSSR count). The molecular weight excluding hydrogens is 404 g/mol. The molecule has 160 valence electrons. The zero-order valence-electron chi connectivity index (χ0n) is 16.1. The van der Waals surface area contributed by atoms with E-state index in [-0.39, 0.29) is 24.4 Å². The number of aliphatic hydroxyl groups is 1. The first kappa shape index (κ1) is 22.2. The Kier molecular flexibility index (Phi) is 6.74. The third-order valence-electron chi connectivity index (χ3n) is 4.90. The van der Waals surface area contributed by atoms with Gasteiger partial charge in [-0.3, -0.25) is 4.79 Å². The van der Waals surface area contributed by atoms with Crippen molar-refractivity contribution in [3.63, 3.8) is 0 Å². The van der Waals surface area contributed by atoms with Crippen LogP contribution in [-0.2, 0) is 11.3 Å². The van der Waals surface area contributed by atoms with E-state index in [0.717, 1.165) is 5.56 Å². The minimum absolute atomic E-state index is 0.0256. The van der Waals surface area contributed by atoms with E-state index in [0.29, 0.717) is 23.4 Å². The van der Waals surface area contributed by atoms with Gasteiger partial charge in [0.1, 0.15) is 11.4 Å². The van der Waals surface area contributed by atoms with Gasteiger partial charge in [0, 0.05) is 19.4 Å². The first-order chi connectivity index (χ1) is 14.2. The molecule has 0 unspecified atom stereocenters. The smallest absolute Gasteiger partial charge is 0.437 e. The fraction of sp³-hybridized carbons (Fsp3) is 0.421. The van der Waals surface area contributed by atoms with Gasteiger partial charge in [-0.05, 0) is 41.9 Å². The van der Waals surface area contributed by atoms with Gasteiger partial charge >= 0.3 is 13.3 Å². The zero-order chi connectivity index (χ0) is 21.9. The van der Waals surface area contributed by atoms with E-state index in [1.54, 1.807) is 19.1 Å². The third kappa shape index (κ3) is 5.35. The summed E-state index contributed by atoms with van der Waals surface area (Å²) in [6, 6.07) is 3.48. The predicted molar refractivity (Wildman–Crippen MR) is 100 cm³/mol. The van der Waals surface area contributed by atoms with Crippen LogP contribution in [0.5, 0.6) is 11.6 Å². The Balaban J connectivity index is 1.64. The molecule has 1 aliphatic heterocycles. The highest BCUT2D eigenvalue weighted by molar-refractivity contribution is 6.62. The van der Waals surface area contributed by atoms with Gasteiger partial charge in [0.05, 0.1) is 19.0 Å². The average molecular weight is 424 g/mol. The topological polar surface area (TPSA) is 102 Å². The van der Waals surface area contributed by atoms with Gasteiger partial charge in [-0.2, -0.15) is 13.2 Å².